The van der Waals surface area contributed by atoms with Crippen molar-refractivity contribution in [2.75, 3.05) is 31.8 Å². The number of carbonyl (C=O) groups is 3. The van der Waals surface area contributed by atoms with Crippen LogP contribution in [0.5, 0.6) is 23.0 Å². The second-order valence-electron chi connectivity index (χ2n) is 8.40. The van der Waals surface area contributed by atoms with Gasteiger partial charge in [-0.1, -0.05) is 29.8 Å². The van der Waals surface area contributed by atoms with Crippen molar-refractivity contribution in [3.63, 3.8) is 0 Å². The van der Waals surface area contributed by atoms with Crippen LogP contribution in [0.1, 0.15) is 18.1 Å². The number of urea groups is 1. The summed E-state index contributed by atoms with van der Waals surface area (Å²) in [7, 11) is 1.57. The van der Waals surface area contributed by atoms with Crippen molar-refractivity contribution in [2.45, 2.75) is 13.8 Å². The number of hydrogen-bond acceptors (Lipinski definition) is 7. The van der Waals surface area contributed by atoms with Gasteiger partial charge >= 0.3 is 6.03 Å². The molecule has 1 heterocycles. The van der Waals surface area contributed by atoms with Crippen molar-refractivity contribution in [2.24, 2.45) is 0 Å². The van der Waals surface area contributed by atoms with Gasteiger partial charge in [0.05, 0.1) is 23.9 Å². The van der Waals surface area contributed by atoms with E-state index in [1.807, 2.05) is 26.0 Å². The third-order valence-corrected chi connectivity index (χ3v) is 6.28. The predicted octanol–water partition coefficient (Wildman–Crippen LogP) is 5.29. The molecule has 202 valence electrons. The maximum atomic E-state index is 13.2. The molecular formula is C29H27BrN2O7. The summed E-state index contributed by atoms with van der Waals surface area (Å²) in [5.74, 6) is 0.565. The van der Waals surface area contributed by atoms with Crippen molar-refractivity contribution in [3.05, 3.63) is 81.8 Å². The van der Waals surface area contributed by atoms with E-state index in [1.165, 1.54) is 6.08 Å². The molecule has 0 aliphatic carbocycles. The highest BCUT2D eigenvalue weighted by atomic mass is 79.9. The molecule has 1 saturated heterocycles. The fraction of sp³-hybridized carbons (Fsp3) is 0.207. The molecule has 0 atom stereocenters. The van der Waals surface area contributed by atoms with Gasteiger partial charge in [0, 0.05) is 0 Å². The zero-order valence-corrected chi connectivity index (χ0v) is 23.2. The predicted molar refractivity (Wildman–Crippen MR) is 149 cm³/mol. The van der Waals surface area contributed by atoms with Crippen LogP contribution < -0.4 is 29.2 Å². The first-order valence-corrected chi connectivity index (χ1v) is 12.9. The maximum absolute atomic E-state index is 13.2. The molecule has 9 nitrogen and oxygen atoms in total. The number of amides is 4. The van der Waals surface area contributed by atoms with Crippen LogP contribution in [-0.4, -0.2) is 44.8 Å². The molecule has 0 radical (unpaired) electrons. The van der Waals surface area contributed by atoms with Crippen LogP contribution in [0.4, 0.5) is 10.5 Å². The highest BCUT2D eigenvalue weighted by Gasteiger charge is 2.36. The lowest BCUT2D eigenvalue weighted by molar-refractivity contribution is -0.122. The first-order valence-electron chi connectivity index (χ1n) is 12.2. The van der Waals surface area contributed by atoms with Crippen molar-refractivity contribution in [3.8, 4) is 23.0 Å². The minimum atomic E-state index is -0.804. The molecule has 39 heavy (non-hydrogen) atoms. The van der Waals surface area contributed by atoms with Gasteiger partial charge in [0.2, 0.25) is 0 Å². The van der Waals surface area contributed by atoms with Gasteiger partial charge in [-0.25, -0.2) is 9.69 Å². The van der Waals surface area contributed by atoms with E-state index in [0.717, 1.165) is 10.5 Å². The lowest BCUT2D eigenvalue weighted by Gasteiger charge is -2.26. The number of rotatable bonds is 10. The Morgan fingerprint density at radius 1 is 0.897 bits per heavy atom. The number of anilines is 1. The lowest BCUT2D eigenvalue weighted by atomic mass is 10.1. The van der Waals surface area contributed by atoms with Gasteiger partial charge in [-0.15, -0.1) is 0 Å². The molecule has 3 aromatic carbocycles. The van der Waals surface area contributed by atoms with E-state index in [0.29, 0.717) is 45.3 Å². The molecule has 1 aliphatic rings. The number of barbiturate groups is 1. The largest absolute Gasteiger partial charge is 0.493 e. The van der Waals surface area contributed by atoms with Crippen molar-refractivity contribution in [1.29, 1.82) is 0 Å². The highest BCUT2D eigenvalue weighted by Crippen LogP contribution is 2.38. The molecule has 0 aromatic heterocycles. The number of nitrogens with one attached hydrogen (secondary N) is 1. The van der Waals surface area contributed by atoms with Crippen LogP contribution >= 0.6 is 15.9 Å². The standard InChI is InChI=1S/C29H27BrN2O7/c1-4-37-25-17-19(16-22(30)26(25)39-14-13-38-24-8-6-5-7-23(24)36-3)15-21-27(33)31-29(35)32(28(21)34)20-11-9-18(2)10-12-20/h5-12,15-17H,4,13-14H2,1-3H3,(H,31,33,35)/b21-15-. The zero-order chi connectivity index (χ0) is 27.9. The number of nitrogens with zero attached hydrogens (tertiary/aromatic N) is 1. The first-order chi connectivity index (χ1) is 18.8. The third-order valence-electron chi connectivity index (χ3n) is 5.69. The van der Waals surface area contributed by atoms with Gasteiger partial charge in [-0.3, -0.25) is 14.9 Å². The number of para-hydroxylation sites is 2. The van der Waals surface area contributed by atoms with Crippen LogP contribution in [0, 0.1) is 6.92 Å². The lowest BCUT2D eigenvalue weighted by Crippen LogP contribution is -2.54. The minimum Gasteiger partial charge on any atom is -0.493 e. The van der Waals surface area contributed by atoms with Crippen LogP contribution in [-0.2, 0) is 9.59 Å². The number of carbonyl (C=O) groups excluding carboxylic acids is 3. The zero-order valence-electron chi connectivity index (χ0n) is 21.7. The molecule has 4 rings (SSSR count). The second-order valence-corrected chi connectivity index (χ2v) is 9.26. The van der Waals surface area contributed by atoms with Gasteiger partial charge in [0.1, 0.15) is 18.8 Å². The number of aryl methyl sites for hydroxylation is 1. The minimum absolute atomic E-state index is 0.191. The van der Waals surface area contributed by atoms with Crippen LogP contribution in [0.25, 0.3) is 6.08 Å². The number of methoxy groups -OCH3 is 1. The summed E-state index contributed by atoms with van der Waals surface area (Å²) in [6, 6.07) is 16.7. The molecular weight excluding hydrogens is 568 g/mol. The van der Waals surface area contributed by atoms with Crippen LogP contribution in [0.3, 0.4) is 0 Å². The Hall–Kier alpha value is -4.31. The Labute approximate surface area is 234 Å². The molecule has 1 aliphatic heterocycles. The topological polar surface area (TPSA) is 103 Å². The van der Waals surface area contributed by atoms with E-state index < -0.39 is 17.8 Å². The van der Waals surface area contributed by atoms with Crippen molar-refractivity contribution in [1.82, 2.24) is 5.32 Å². The van der Waals surface area contributed by atoms with Gasteiger partial charge in [-0.2, -0.15) is 0 Å². The Morgan fingerprint density at radius 2 is 1.59 bits per heavy atom. The molecule has 0 spiro atoms. The Balaban J connectivity index is 1.54. The van der Waals surface area contributed by atoms with E-state index >= 15 is 0 Å². The van der Waals surface area contributed by atoms with E-state index in [-0.39, 0.29) is 18.8 Å². The molecule has 0 bridgehead atoms. The van der Waals surface area contributed by atoms with E-state index in [4.69, 9.17) is 18.9 Å². The summed E-state index contributed by atoms with van der Waals surface area (Å²) < 4.78 is 23.3. The number of halogens is 1. The van der Waals surface area contributed by atoms with Crippen LogP contribution in [0.15, 0.2) is 70.7 Å². The molecule has 0 unspecified atom stereocenters. The summed E-state index contributed by atoms with van der Waals surface area (Å²) >= 11 is 3.50. The molecule has 1 N–H and O–H groups in total. The Bertz CT molecular complexity index is 1420. The average Bonchev–Trinajstić information content (AvgIpc) is 2.91. The summed E-state index contributed by atoms with van der Waals surface area (Å²) in [5.41, 5.74) is 1.64. The molecule has 0 saturated carbocycles. The van der Waals surface area contributed by atoms with Crippen molar-refractivity contribution >= 4 is 45.5 Å². The Kier molecular flexibility index (Phi) is 8.88. The van der Waals surface area contributed by atoms with Gasteiger partial charge < -0.3 is 18.9 Å². The van der Waals surface area contributed by atoms with Crippen molar-refractivity contribution < 1.29 is 33.3 Å². The monoisotopic (exact) mass is 594 g/mol. The van der Waals surface area contributed by atoms with Gasteiger partial charge in [-0.05, 0) is 77.8 Å². The highest BCUT2D eigenvalue weighted by molar-refractivity contribution is 9.10. The number of imide groups is 2. The maximum Gasteiger partial charge on any atom is 0.335 e. The summed E-state index contributed by atoms with van der Waals surface area (Å²) in [6.45, 7) is 4.55. The SMILES string of the molecule is CCOc1cc(/C=C2/C(=O)NC(=O)N(c3ccc(C)cc3)C2=O)cc(Br)c1OCCOc1ccccc1OC. The third kappa shape index (κ3) is 6.40. The molecule has 10 heteroatoms. The Morgan fingerprint density at radius 3 is 2.28 bits per heavy atom. The second kappa shape index (κ2) is 12.5. The fourth-order valence-electron chi connectivity index (χ4n) is 3.86. The number of ether oxygens (including phenoxy) is 4. The molecule has 3 aromatic rings. The van der Waals surface area contributed by atoms with Gasteiger partial charge in [0.25, 0.3) is 11.8 Å². The average molecular weight is 595 g/mol. The summed E-state index contributed by atoms with van der Waals surface area (Å²) in [6.07, 6.45) is 1.41. The molecule has 1 fully saturated rings. The number of hydrogen-bond donors (Lipinski definition) is 1. The van der Waals surface area contributed by atoms with Gasteiger partial charge in [0.15, 0.2) is 23.0 Å². The quantitative estimate of drug-likeness (QED) is 0.193. The number of benzene rings is 3. The van der Waals surface area contributed by atoms with E-state index in [2.05, 4.69) is 21.2 Å². The molecule has 4 amide bonds. The normalized spacial score (nSPS) is 14.3. The smallest absolute Gasteiger partial charge is 0.335 e. The first kappa shape index (κ1) is 27.7. The van der Waals surface area contributed by atoms with Crippen LogP contribution in [0.2, 0.25) is 0 Å². The van der Waals surface area contributed by atoms with E-state index in [1.54, 1.807) is 55.6 Å². The summed E-state index contributed by atoms with van der Waals surface area (Å²) in [5, 5.41) is 2.23. The fourth-order valence-corrected chi connectivity index (χ4v) is 4.43. The summed E-state index contributed by atoms with van der Waals surface area (Å²) in [4.78, 5) is 39.2. The van der Waals surface area contributed by atoms with E-state index in [9.17, 15) is 14.4 Å².